The summed E-state index contributed by atoms with van der Waals surface area (Å²) in [6.45, 7) is 6.16. The van der Waals surface area contributed by atoms with Crippen LogP contribution < -0.4 is 5.32 Å². The first-order chi connectivity index (χ1) is 9.22. The van der Waals surface area contributed by atoms with Gasteiger partial charge >= 0.3 is 6.18 Å². The van der Waals surface area contributed by atoms with E-state index in [0.29, 0.717) is 13.0 Å². The summed E-state index contributed by atoms with van der Waals surface area (Å²) in [5.74, 6) is 0. The van der Waals surface area contributed by atoms with E-state index < -0.39 is 17.4 Å². The van der Waals surface area contributed by atoms with Crippen molar-refractivity contribution >= 4 is 0 Å². The molecule has 112 valence electrons. The molecule has 20 heavy (non-hydrogen) atoms. The van der Waals surface area contributed by atoms with Crippen LogP contribution in [0.2, 0.25) is 0 Å². The quantitative estimate of drug-likeness (QED) is 0.875. The Morgan fingerprint density at radius 3 is 2.60 bits per heavy atom. The van der Waals surface area contributed by atoms with Gasteiger partial charge in [-0.15, -0.1) is 0 Å². The molecule has 0 aliphatic carbocycles. The van der Waals surface area contributed by atoms with Crippen LogP contribution in [-0.4, -0.2) is 21.9 Å². The molecule has 0 amide bonds. The highest BCUT2D eigenvalue weighted by atomic mass is 19.4. The molecular formula is C13H19F3N4. The van der Waals surface area contributed by atoms with Crippen molar-refractivity contribution < 1.29 is 13.2 Å². The Morgan fingerprint density at radius 1 is 1.50 bits per heavy atom. The molecule has 0 aromatic carbocycles. The molecule has 1 rings (SSSR count). The molecule has 1 aromatic rings. The van der Waals surface area contributed by atoms with E-state index >= 15 is 0 Å². The molecule has 1 N–H and O–H groups in total. The third-order valence-corrected chi connectivity index (χ3v) is 3.07. The average molecular weight is 288 g/mol. The number of nitrogens with one attached hydrogen (secondary N) is 1. The average Bonchev–Trinajstić information content (AvgIpc) is 2.86. The second kappa shape index (κ2) is 6.27. The van der Waals surface area contributed by atoms with E-state index in [9.17, 15) is 18.4 Å². The maximum absolute atomic E-state index is 12.5. The van der Waals surface area contributed by atoms with Crippen molar-refractivity contribution in [2.24, 2.45) is 0 Å². The standard InChI is InChI=1S/C13H19F3N4/c1-4-6-18-12(3,9-17)8-10(2)20-7-5-11(19-20)13(14,15)16/h5,7,10,18H,4,6,8H2,1-3H3. The highest BCUT2D eigenvalue weighted by molar-refractivity contribution is 5.07. The summed E-state index contributed by atoms with van der Waals surface area (Å²) in [4.78, 5) is 0. The molecule has 2 atom stereocenters. The second-order valence-corrected chi connectivity index (χ2v) is 5.10. The van der Waals surface area contributed by atoms with Crippen LogP contribution in [0.3, 0.4) is 0 Å². The van der Waals surface area contributed by atoms with Gasteiger partial charge in [0.05, 0.1) is 12.1 Å². The summed E-state index contributed by atoms with van der Waals surface area (Å²) in [6.07, 6.45) is -1.89. The number of aromatic nitrogens is 2. The van der Waals surface area contributed by atoms with Crippen LogP contribution in [0.5, 0.6) is 0 Å². The topological polar surface area (TPSA) is 53.6 Å². The molecule has 2 unspecified atom stereocenters. The normalized spacial score (nSPS) is 16.4. The van der Waals surface area contributed by atoms with Crippen molar-refractivity contribution in [2.45, 2.75) is 51.4 Å². The minimum atomic E-state index is -4.44. The third-order valence-electron chi connectivity index (χ3n) is 3.07. The van der Waals surface area contributed by atoms with Crippen molar-refractivity contribution in [2.75, 3.05) is 6.54 Å². The highest BCUT2D eigenvalue weighted by Gasteiger charge is 2.34. The highest BCUT2D eigenvalue weighted by Crippen LogP contribution is 2.29. The van der Waals surface area contributed by atoms with E-state index in [1.54, 1.807) is 13.8 Å². The predicted octanol–water partition coefficient (Wildman–Crippen LogP) is 3.13. The number of nitriles is 1. The first-order valence-corrected chi connectivity index (χ1v) is 6.50. The van der Waals surface area contributed by atoms with Crippen LogP contribution in [0.4, 0.5) is 13.2 Å². The number of rotatable bonds is 6. The monoisotopic (exact) mass is 288 g/mol. The zero-order valence-corrected chi connectivity index (χ0v) is 11.8. The van der Waals surface area contributed by atoms with Gasteiger partial charge in [0, 0.05) is 12.6 Å². The molecule has 4 nitrogen and oxygen atoms in total. The lowest BCUT2D eigenvalue weighted by Gasteiger charge is -2.26. The molecule has 1 heterocycles. The minimum absolute atomic E-state index is 0.305. The number of alkyl halides is 3. The van der Waals surface area contributed by atoms with Gasteiger partial charge in [-0.1, -0.05) is 6.92 Å². The summed E-state index contributed by atoms with van der Waals surface area (Å²) >= 11 is 0. The number of halogens is 3. The molecule has 0 saturated carbocycles. The van der Waals surface area contributed by atoms with Crippen molar-refractivity contribution in [1.82, 2.24) is 15.1 Å². The minimum Gasteiger partial charge on any atom is -0.300 e. The molecule has 0 saturated heterocycles. The van der Waals surface area contributed by atoms with Gasteiger partial charge in [-0.05, 0) is 32.9 Å². The molecule has 7 heteroatoms. The zero-order chi connectivity index (χ0) is 15.4. The van der Waals surface area contributed by atoms with E-state index in [-0.39, 0.29) is 6.04 Å². The lowest BCUT2D eigenvalue weighted by Crippen LogP contribution is -2.43. The number of hydrogen-bond donors (Lipinski definition) is 1. The fourth-order valence-corrected chi connectivity index (χ4v) is 1.98. The van der Waals surface area contributed by atoms with Crippen molar-refractivity contribution in [3.05, 3.63) is 18.0 Å². The molecule has 1 aromatic heterocycles. The van der Waals surface area contributed by atoms with Crippen LogP contribution in [0.25, 0.3) is 0 Å². The largest absolute Gasteiger partial charge is 0.435 e. The van der Waals surface area contributed by atoms with Gasteiger partial charge in [-0.3, -0.25) is 10.00 Å². The molecule has 0 radical (unpaired) electrons. The van der Waals surface area contributed by atoms with Gasteiger partial charge < -0.3 is 0 Å². The van der Waals surface area contributed by atoms with Crippen LogP contribution in [0.15, 0.2) is 12.3 Å². The summed E-state index contributed by atoms with van der Waals surface area (Å²) in [6, 6.07) is 2.82. The maximum Gasteiger partial charge on any atom is 0.435 e. The van der Waals surface area contributed by atoms with E-state index in [2.05, 4.69) is 16.5 Å². The molecule has 0 fully saturated rings. The second-order valence-electron chi connectivity index (χ2n) is 5.10. The first-order valence-electron chi connectivity index (χ1n) is 6.50. The van der Waals surface area contributed by atoms with Crippen LogP contribution in [0, 0.1) is 11.3 Å². The summed E-state index contributed by atoms with van der Waals surface area (Å²) in [7, 11) is 0. The fourth-order valence-electron chi connectivity index (χ4n) is 1.98. The molecule has 0 spiro atoms. The van der Waals surface area contributed by atoms with Gasteiger partial charge in [-0.2, -0.15) is 23.5 Å². The Kier molecular flexibility index (Phi) is 5.17. The summed E-state index contributed by atoms with van der Waals surface area (Å²) < 4.78 is 38.7. The lowest BCUT2D eigenvalue weighted by molar-refractivity contribution is -0.141. The number of nitrogens with zero attached hydrogens (tertiary/aromatic N) is 3. The molecular weight excluding hydrogens is 269 g/mol. The smallest absolute Gasteiger partial charge is 0.300 e. The van der Waals surface area contributed by atoms with E-state index in [1.807, 2.05) is 6.92 Å². The van der Waals surface area contributed by atoms with E-state index in [0.717, 1.165) is 12.5 Å². The van der Waals surface area contributed by atoms with Crippen molar-refractivity contribution in [3.63, 3.8) is 0 Å². The van der Waals surface area contributed by atoms with Crippen LogP contribution in [-0.2, 0) is 6.18 Å². The Morgan fingerprint density at radius 2 is 2.15 bits per heavy atom. The summed E-state index contributed by atoms with van der Waals surface area (Å²) in [5, 5.41) is 15.9. The van der Waals surface area contributed by atoms with E-state index in [4.69, 9.17) is 0 Å². The summed E-state index contributed by atoms with van der Waals surface area (Å²) in [5.41, 5.74) is -1.69. The van der Waals surface area contributed by atoms with Gasteiger partial charge in [0.25, 0.3) is 0 Å². The maximum atomic E-state index is 12.5. The van der Waals surface area contributed by atoms with Gasteiger partial charge in [0.15, 0.2) is 5.69 Å². The van der Waals surface area contributed by atoms with Crippen LogP contribution >= 0.6 is 0 Å². The Bertz CT molecular complexity index is 475. The van der Waals surface area contributed by atoms with Crippen molar-refractivity contribution in [3.8, 4) is 6.07 Å². The van der Waals surface area contributed by atoms with Crippen molar-refractivity contribution in [1.29, 1.82) is 5.26 Å². The Balaban J connectivity index is 2.77. The number of hydrogen-bond acceptors (Lipinski definition) is 3. The Labute approximate surface area is 116 Å². The lowest BCUT2D eigenvalue weighted by atomic mass is 9.95. The third kappa shape index (κ3) is 4.23. The van der Waals surface area contributed by atoms with Gasteiger partial charge in [0.1, 0.15) is 5.54 Å². The molecule has 0 bridgehead atoms. The van der Waals surface area contributed by atoms with E-state index in [1.165, 1.54) is 10.9 Å². The van der Waals surface area contributed by atoms with Gasteiger partial charge in [0.2, 0.25) is 0 Å². The molecule has 0 aliphatic heterocycles. The predicted molar refractivity (Wildman–Crippen MR) is 68.9 cm³/mol. The van der Waals surface area contributed by atoms with Gasteiger partial charge in [-0.25, -0.2) is 0 Å². The first kappa shape index (κ1) is 16.5. The SMILES string of the molecule is CCCNC(C)(C#N)CC(C)n1ccc(C(F)(F)F)n1. The van der Waals surface area contributed by atoms with Crippen LogP contribution in [0.1, 0.15) is 45.3 Å². The molecule has 0 aliphatic rings. The Hall–Kier alpha value is -1.55. The fraction of sp³-hybridized carbons (Fsp3) is 0.692. The zero-order valence-electron chi connectivity index (χ0n) is 11.8.